The van der Waals surface area contributed by atoms with Gasteiger partial charge in [-0.1, -0.05) is 12.1 Å². The van der Waals surface area contributed by atoms with Gasteiger partial charge in [-0.25, -0.2) is 4.79 Å². The van der Waals surface area contributed by atoms with Crippen LogP contribution in [0, 0.1) is 0 Å². The maximum absolute atomic E-state index is 12.3. The van der Waals surface area contributed by atoms with Crippen molar-refractivity contribution < 1.29 is 4.79 Å². The predicted octanol–water partition coefficient (Wildman–Crippen LogP) is 3.37. The molecule has 2 atom stereocenters. The third kappa shape index (κ3) is 3.51. The van der Waals surface area contributed by atoms with E-state index in [0.717, 1.165) is 25.1 Å². The number of carbonyl (C=O) groups excluding carboxylic acids is 1. The van der Waals surface area contributed by atoms with Gasteiger partial charge in [-0.05, 0) is 57.9 Å². The summed E-state index contributed by atoms with van der Waals surface area (Å²) in [4.78, 5) is 14.3. The first-order valence-corrected chi connectivity index (χ1v) is 7.46. The molecule has 0 aromatic heterocycles. The van der Waals surface area contributed by atoms with Gasteiger partial charge in [0.1, 0.15) is 0 Å². The molecule has 1 heterocycles. The molecule has 0 spiro atoms. The molecule has 0 bridgehead atoms. The minimum atomic E-state index is 0.0199. The Hall–Kier alpha value is -1.55. The lowest BCUT2D eigenvalue weighted by molar-refractivity contribution is 0.170. The first-order valence-electron chi connectivity index (χ1n) is 7.46. The topological polar surface area (TPSA) is 44.4 Å². The normalized spacial score (nSPS) is 20.6. The number of carbonyl (C=O) groups is 1. The molecule has 0 aliphatic carbocycles. The summed E-state index contributed by atoms with van der Waals surface area (Å²) >= 11 is 0. The highest BCUT2D eigenvalue weighted by atomic mass is 16.2. The number of amides is 2. The predicted molar refractivity (Wildman–Crippen MR) is 83.0 cm³/mol. The standard InChI is InChI=1S/C16H25N3O/c1-12-7-4-5-10-19(12)16(20)18-15-9-6-8-14(11-15)13(2)17-3/h6,8-9,11-13,17H,4-5,7,10H2,1-3H3,(H,18,20). The summed E-state index contributed by atoms with van der Waals surface area (Å²) in [6, 6.07) is 8.67. The Labute approximate surface area is 121 Å². The van der Waals surface area contributed by atoms with Gasteiger partial charge in [0.05, 0.1) is 0 Å². The quantitative estimate of drug-likeness (QED) is 0.888. The number of hydrogen-bond acceptors (Lipinski definition) is 2. The average molecular weight is 275 g/mol. The summed E-state index contributed by atoms with van der Waals surface area (Å²) in [6.07, 6.45) is 3.43. The van der Waals surface area contributed by atoms with Gasteiger partial charge in [0, 0.05) is 24.3 Å². The van der Waals surface area contributed by atoms with Crippen molar-refractivity contribution in [1.29, 1.82) is 0 Å². The molecule has 1 aromatic carbocycles. The van der Waals surface area contributed by atoms with Gasteiger partial charge in [0.15, 0.2) is 0 Å². The number of piperidine rings is 1. The van der Waals surface area contributed by atoms with E-state index in [1.54, 1.807) is 0 Å². The van der Waals surface area contributed by atoms with Crippen molar-refractivity contribution in [3.05, 3.63) is 29.8 Å². The van der Waals surface area contributed by atoms with Crippen molar-refractivity contribution in [1.82, 2.24) is 10.2 Å². The molecule has 4 nitrogen and oxygen atoms in total. The van der Waals surface area contributed by atoms with E-state index in [4.69, 9.17) is 0 Å². The van der Waals surface area contributed by atoms with Crippen molar-refractivity contribution in [2.45, 2.75) is 45.2 Å². The Balaban J connectivity index is 2.03. The summed E-state index contributed by atoms with van der Waals surface area (Å²) in [5.41, 5.74) is 2.05. The molecule has 2 rings (SSSR count). The second-order valence-electron chi connectivity index (χ2n) is 5.60. The number of hydrogen-bond donors (Lipinski definition) is 2. The molecule has 2 N–H and O–H groups in total. The molecule has 1 fully saturated rings. The van der Waals surface area contributed by atoms with Crippen molar-refractivity contribution in [3.8, 4) is 0 Å². The number of rotatable bonds is 3. The largest absolute Gasteiger partial charge is 0.322 e. The number of nitrogens with zero attached hydrogens (tertiary/aromatic N) is 1. The third-order valence-corrected chi connectivity index (χ3v) is 4.13. The van der Waals surface area contributed by atoms with E-state index in [2.05, 4.69) is 30.5 Å². The molecule has 110 valence electrons. The van der Waals surface area contributed by atoms with Crippen LogP contribution in [-0.4, -0.2) is 30.6 Å². The highest BCUT2D eigenvalue weighted by molar-refractivity contribution is 5.89. The first kappa shape index (κ1) is 14.9. The van der Waals surface area contributed by atoms with E-state index < -0.39 is 0 Å². The highest BCUT2D eigenvalue weighted by Crippen LogP contribution is 2.20. The van der Waals surface area contributed by atoms with Crippen molar-refractivity contribution in [3.63, 3.8) is 0 Å². The lowest BCUT2D eigenvalue weighted by Crippen LogP contribution is -2.44. The van der Waals surface area contributed by atoms with Gasteiger partial charge < -0.3 is 15.5 Å². The van der Waals surface area contributed by atoms with Crippen molar-refractivity contribution in [2.75, 3.05) is 18.9 Å². The summed E-state index contributed by atoms with van der Waals surface area (Å²) in [7, 11) is 1.94. The second-order valence-corrected chi connectivity index (χ2v) is 5.60. The van der Waals surface area contributed by atoms with Crippen LogP contribution in [0.15, 0.2) is 24.3 Å². The van der Waals surface area contributed by atoms with Gasteiger partial charge in [0.25, 0.3) is 0 Å². The summed E-state index contributed by atoms with van der Waals surface area (Å²) < 4.78 is 0. The molecule has 1 aromatic rings. The van der Waals surface area contributed by atoms with Crippen molar-refractivity contribution in [2.24, 2.45) is 0 Å². The lowest BCUT2D eigenvalue weighted by Gasteiger charge is -2.33. The molecular weight excluding hydrogens is 250 g/mol. The molecule has 1 aliphatic rings. The van der Waals surface area contributed by atoms with Crippen LogP contribution in [-0.2, 0) is 0 Å². The van der Waals surface area contributed by atoms with E-state index in [1.165, 1.54) is 12.0 Å². The Morgan fingerprint density at radius 3 is 2.90 bits per heavy atom. The molecule has 1 saturated heterocycles. The van der Waals surface area contributed by atoms with E-state index in [1.807, 2.05) is 30.1 Å². The fourth-order valence-electron chi connectivity index (χ4n) is 2.65. The molecule has 20 heavy (non-hydrogen) atoms. The van der Waals surface area contributed by atoms with Gasteiger partial charge in [-0.15, -0.1) is 0 Å². The summed E-state index contributed by atoms with van der Waals surface area (Å²) in [5.74, 6) is 0. The second kappa shape index (κ2) is 6.75. The number of likely N-dealkylation sites (tertiary alicyclic amines) is 1. The first-order chi connectivity index (χ1) is 9.61. The maximum Gasteiger partial charge on any atom is 0.322 e. The molecule has 4 heteroatoms. The number of benzene rings is 1. The number of anilines is 1. The van der Waals surface area contributed by atoms with E-state index >= 15 is 0 Å². The number of nitrogens with one attached hydrogen (secondary N) is 2. The summed E-state index contributed by atoms with van der Waals surface area (Å²) in [6.45, 7) is 5.09. The Morgan fingerprint density at radius 2 is 2.20 bits per heavy atom. The van der Waals surface area contributed by atoms with Crippen LogP contribution in [0.5, 0.6) is 0 Å². The zero-order valence-corrected chi connectivity index (χ0v) is 12.6. The minimum absolute atomic E-state index is 0.0199. The van der Waals surface area contributed by atoms with Crippen LogP contribution in [0.25, 0.3) is 0 Å². The Kier molecular flexibility index (Phi) is 5.01. The maximum atomic E-state index is 12.3. The molecular formula is C16H25N3O. The number of urea groups is 1. The van der Waals surface area contributed by atoms with Crippen LogP contribution in [0.4, 0.5) is 10.5 Å². The van der Waals surface area contributed by atoms with Crippen molar-refractivity contribution >= 4 is 11.7 Å². The lowest BCUT2D eigenvalue weighted by atomic mass is 10.0. The fourth-order valence-corrected chi connectivity index (χ4v) is 2.65. The minimum Gasteiger partial charge on any atom is -0.322 e. The molecule has 0 saturated carbocycles. The smallest absolute Gasteiger partial charge is 0.322 e. The van der Waals surface area contributed by atoms with E-state index in [0.29, 0.717) is 6.04 Å². The van der Waals surface area contributed by atoms with Crippen LogP contribution in [0.3, 0.4) is 0 Å². The van der Waals surface area contributed by atoms with E-state index in [-0.39, 0.29) is 12.1 Å². The molecule has 0 radical (unpaired) electrons. The molecule has 1 aliphatic heterocycles. The average Bonchev–Trinajstić information content (AvgIpc) is 2.47. The van der Waals surface area contributed by atoms with Crippen LogP contribution < -0.4 is 10.6 Å². The highest BCUT2D eigenvalue weighted by Gasteiger charge is 2.23. The Morgan fingerprint density at radius 1 is 1.40 bits per heavy atom. The SMILES string of the molecule is CNC(C)c1cccc(NC(=O)N2CCCCC2C)c1. The van der Waals surface area contributed by atoms with Gasteiger partial charge in [-0.3, -0.25) is 0 Å². The van der Waals surface area contributed by atoms with Crippen LogP contribution in [0.1, 0.15) is 44.7 Å². The van der Waals surface area contributed by atoms with Crippen LogP contribution >= 0.6 is 0 Å². The monoisotopic (exact) mass is 275 g/mol. The van der Waals surface area contributed by atoms with Crippen LogP contribution in [0.2, 0.25) is 0 Å². The van der Waals surface area contributed by atoms with Gasteiger partial charge in [0.2, 0.25) is 0 Å². The zero-order valence-electron chi connectivity index (χ0n) is 12.6. The summed E-state index contributed by atoms with van der Waals surface area (Å²) in [5, 5.41) is 6.23. The van der Waals surface area contributed by atoms with Gasteiger partial charge >= 0.3 is 6.03 Å². The zero-order chi connectivity index (χ0) is 14.5. The molecule has 2 amide bonds. The third-order valence-electron chi connectivity index (χ3n) is 4.13. The Bertz CT molecular complexity index is 461. The molecule has 2 unspecified atom stereocenters. The van der Waals surface area contributed by atoms with E-state index in [9.17, 15) is 4.79 Å². The fraction of sp³-hybridized carbons (Fsp3) is 0.562. The van der Waals surface area contributed by atoms with Gasteiger partial charge in [-0.2, -0.15) is 0 Å².